The molecule has 0 saturated heterocycles. The number of para-hydroxylation sites is 1. The largest absolute Gasteiger partial charge is 0.347 e. The first kappa shape index (κ1) is 37.4. The summed E-state index contributed by atoms with van der Waals surface area (Å²) in [6, 6.07) is 23.3. The lowest BCUT2D eigenvalue weighted by Crippen LogP contribution is -2.45. The summed E-state index contributed by atoms with van der Waals surface area (Å²) in [5, 5.41) is 0. The molecule has 2 aliphatic rings. The van der Waals surface area contributed by atoms with Crippen molar-refractivity contribution < 1.29 is 18.0 Å². The lowest BCUT2D eigenvalue weighted by Gasteiger charge is -2.36. The van der Waals surface area contributed by atoms with E-state index in [1.807, 2.05) is 70.8 Å². The van der Waals surface area contributed by atoms with Gasteiger partial charge in [0.25, 0.3) is 11.8 Å². The summed E-state index contributed by atoms with van der Waals surface area (Å²) < 4.78 is 32.6. The number of anilines is 1. The molecule has 0 bridgehead atoms. The smallest absolute Gasteiger partial charge is 0.304 e. The van der Waals surface area contributed by atoms with Crippen LogP contribution in [-0.2, 0) is 43.2 Å². The Labute approximate surface area is 310 Å². The molecule has 1 atom stereocenters. The summed E-state index contributed by atoms with van der Waals surface area (Å²) in [6.07, 6.45) is 5.17. The van der Waals surface area contributed by atoms with Gasteiger partial charge in [-0.05, 0) is 92.1 Å². The van der Waals surface area contributed by atoms with Crippen LogP contribution in [0.2, 0.25) is 0 Å². The van der Waals surface area contributed by atoms with E-state index in [4.69, 9.17) is 0 Å². The van der Waals surface area contributed by atoms with Crippen LogP contribution < -0.4 is 4.31 Å². The number of nitrogens with zero attached hydrogens (tertiary/aromatic N) is 5. The van der Waals surface area contributed by atoms with Gasteiger partial charge in [0, 0.05) is 75.4 Å². The highest BCUT2D eigenvalue weighted by Gasteiger charge is 2.35. The van der Waals surface area contributed by atoms with E-state index in [1.54, 1.807) is 19.2 Å². The second kappa shape index (κ2) is 15.7. The molecule has 2 amide bonds. The molecular weight excluding hydrogens is 671 g/mol. The fraction of sp³-hybridized carbons (Fsp3) is 0.429. The fourth-order valence-electron chi connectivity index (χ4n) is 7.58. The number of carbonyl (C=O) groups is 2. The molecule has 52 heavy (non-hydrogen) atoms. The number of hydrogen-bond donors (Lipinski definition) is 0. The van der Waals surface area contributed by atoms with Gasteiger partial charge in [-0.25, -0.2) is 0 Å². The van der Waals surface area contributed by atoms with Gasteiger partial charge in [0.1, 0.15) is 0 Å². The molecule has 10 heteroatoms. The second-order valence-electron chi connectivity index (χ2n) is 14.4. The lowest BCUT2D eigenvalue weighted by molar-refractivity contribution is 0.0658. The molecular formula is C42H53N5O4S. The summed E-state index contributed by atoms with van der Waals surface area (Å²) in [6.45, 7) is 10.8. The third-order valence-electron chi connectivity index (χ3n) is 11.0. The quantitative estimate of drug-likeness (QED) is 0.153. The van der Waals surface area contributed by atoms with E-state index in [0.717, 1.165) is 78.8 Å². The van der Waals surface area contributed by atoms with Crippen molar-refractivity contribution in [3.63, 3.8) is 0 Å². The number of aromatic nitrogens is 1. The molecule has 3 aromatic carbocycles. The minimum atomic E-state index is -3.83. The number of hydrogen-bond acceptors (Lipinski definition) is 4. The number of carbonyl (C=O) groups excluding carboxylic acids is 2. The van der Waals surface area contributed by atoms with Crippen molar-refractivity contribution in [1.29, 1.82) is 0 Å². The second-order valence-corrected chi connectivity index (χ2v) is 16.4. The molecule has 4 aromatic rings. The number of rotatable bonds is 12. The van der Waals surface area contributed by atoms with Gasteiger partial charge in [-0.3, -0.25) is 13.9 Å². The number of unbranched alkanes of at least 4 members (excludes halogenated alkanes) is 2. The molecule has 0 spiro atoms. The summed E-state index contributed by atoms with van der Waals surface area (Å²) >= 11 is 0. The highest BCUT2D eigenvalue weighted by atomic mass is 32.2. The van der Waals surface area contributed by atoms with Gasteiger partial charge >= 0.3 is 10.2 Å². The maximum absolute atomic E-state index is 14.9. The molecule has 6 rings (SSSR count). The van der Waals surface area contributed by atoms with Crippen LogP contribution in [0.5, 0.6) is 0 Å². The minimum absolute atomic E-state index is 0.0248. The van der Waals surface area contributed by atoms with Crippen LogP contribution in [0.15, 0.2) is 72.8 Å². The van der Waals surface area contributed by atoms with Gasteiger partial charge < -0.3 is 14.4 Å². The highest BCUT2D eigenvalue weighted by molar-refractivity contribution is 7.90. The van der Waals surface area contributed by atoms with E-state index >= 15 is 0 Å². The number of benzene rings is 3. The Hall–Kier alpha value is -4.41. The molecule has 276 valence electrons. The Kier molecular flexibility index (Phi) is 11.3. The molecule has 0 aliphatic carbocycles. The van der Waals surface area contributed by atoms with Gasteiger partial charge in [-0.15, -0.1) is 0 Å². The number of amides is 2. The van der Waals surface area contributed by atoms with Crippen molar-refractivity contribution >= 4 is 27.7 Å². The van der Waals surface area contributed by atoms with Crippen LogP contribution in [0, 0.1) is 6.92 Å². The average molecular weight is 724 g/mol. The van der Waals surface area contributed by atoms with E-state index in [2.05, 4.69) is 39.0 Å². The molecule has 0 fully saturated rings. The Morgan fingerprint density at radius 2 is 1.48 bits per heavy atom. The van der Waals surface area contributed by atoms with Crippen molar-refractivity contribution in [3.05, 3.63) is 112 Å². The molecule has 0 radical (unpaired) electrons. The van der Waals surface area contributed by atoms with Crippen LogP contribution in [0.1, 0.15) is 95.1 Å². The van der Waals surface area contributed by atoms with Crippen LogP contribution in [0.4, 0.5) is 5.69 Å². The standard InChI is InChI=1S/C42H53N5O4S/c1-7-9-21-45(22-10-8-2)41(48)37-27-40(43(5)31(37)4)38-25-33-20-23-46(52(50,51)44(6)36-18-12-11-13-19-36)28-35(33)26-39(38)42(49)47-29-34-17-15-14-16-32(34)24-30(47)3/h11-19,25-27,30H,7-10,20-24,28-29H2,1-6H3/t30-/m1/s1. The van der Waals surface area contributed by atoms with Gasteiger partial charge in [-0.1, -0.05) is 69.2 Å². The van der Waals surface area contributed by atoms with Crippen LogP contribution in [0.25, 0.3) is 11.3 Å². The van der Waals surface area contributed by atoms with E-state index in [-0.39, 0.29) is 24.4 Å². The zero-order valence-electron chi connectivity index (χ0n) is 31.6. The predicted octanol–water partition coefficient (Wildman–Crippen LogP) is 7.37. The summed E-state index contributed by atoms with van der Waals surface area (Å²) in [5.74, 6) is -0.0721. The maximum Gasteiger partial charge on any atom is 0.304 e. The zero-order chi connectivity index (χ0) is 37.2. The van der Waals surface area contributed by atoms with Gasteiger partial charge in [0.15, 0.2) is 0 Å². The Bertz CT molecular complexity index is 2030. The summed E-state index contributed by atoms with van der Waals surface area (Å²) in [4.78, 5) is 32.9. The first-order valence-electron chi connectivity index (χ1n) is 18.7. The predicted molar refractivity (Wildman–Crippen MR) is 209 cm³/mol. The highest BCUT2D eigenvalue weighted by Crippen LogP contribution is 2.36. The Balaban J connectivity index is 1.42. The van der Waals surface area contributed by atoms with Crippen molar-refractivity contribution in [2.45, 2.75) is 85.4 Å². The van der Waals surface area contributed by atoms with E-state index in [9.17, 15) is 18.0 Å². The van der Waals surface area contributed by atoms with E-state index in [1.165, 1.54) is 14.2 Å². The van der Waals surface area contributed by atoms with Crippen LogP contribution in [0.3, 0.4) is 0 Å². The van der Waals surface area contributed by atoms with Crippen LogP contribution in [-0.4, -0.2) is 71.6 Å². The topological polar surface area (TPSA) is 86.2 Å². The van der Waals surface area contributed by atoms with Gasteiger partial charge in [0.2, 0.25) is 0 Å². The third-order valence-corrected chi connectivity index (χ3v) is 12.9. The average Bonchev–Trinajstić information content (AvgIpc) is 3.46. The van der Waals surface area contributed by atoms with Crippen molar-refractivity contribution in [2.24, 2.45) is 7.05 Å². The molecule has 2 aliphatic heterocycles. The molecule has 9 nitrogen and oxygen atoms in total. The lowest BCUT2D eigenvalue weighted by atomic mass is 9.90. The monoisotopic (exact) mass is 723 g/mol. The fourth-order valence-corrected chi connectivity index (χ4v) is 8.94. The normalized spacial score (nSPS) is 16.0. The zero-order valence-corrected chi connectivity index (χ0v) is 32.4. The summed E-state index contributed by atoms with van der Waals surface area (Å²) in [5.41, 5.74) is 8.42. The van der Waals surface area contributed by atoms with Crippen molar-refractivity contribution in [3.8, 4) is 11.3 Å². The third kappa shape index (κ3) is 7.28. The Morgan fingerprint density at radius 3 is 2.15 bits per heavy atom. The minimum Gasteiger partial charge on any atom is -0.347 e. The van der Waals surface area contributed by atoms with E-state index < -0.39 is 10.2 Å². The first-order chi connectivity index (χ1) is 25.0. The van der Waals surface area contributed by atoms with Crippen molar-refractivity contribution in [2.75, 3.05) is 31.0 Å². The van der Waals surface area contributed by atoms with Crippen molar-refractivity contribution in [1.82, 2.24) is 18.7 Å². The van der Waals surface area contributed by atoms with E-state index in [0.29, 0.717) is 36.3 Å². The van der Waals surface area contributed by atoms with Crippen LogP contribution >= 0.6 is 0 Å². The SMILES string of the molecule is CCCCN(CCCC)C(=O)c1cc(-c2cc3c(cc2C(=O)N2Cc4ccccc4C[C@H]2C)CN(S(=O)(=O)N(C)c2ccccc2)CC3)n(C)c1C. The maximum atomic E-state index is 14.9. The molecule has 1 aromatic heterocycles. The van der Waals surface area contributed by atoms with Gasteiger partial charge in [0.05, 0.1) is 11.3 Å². The first-order valence-corrected chi connectivity index (χ1v) is 20.1. The molecule has 0 N–H and O–H groups in total. The molecule has 3 heterocycles. The Morgan fingerprint density at radius 1 is 0.827 bits per heavy atom. The van der Waals surface area contributed by atoms with Gasteiger partial charge in [-0.2, -0.15) is 12.7 Å². The molecule has 0 saturated carbocycles. The summed E-state index contributed by atoms with van der Waals surface area (Å²) in [7, 11) is -0.288. The molecule has 0 unspecified atom stereocenters. The number of fused-ring (bicyclic) bond motifs is 2.